The van der Waals surface area contributed by atoms with Gasteiger partial charge in [-0.25, -0.2) is 9.67 Å². The Morgan fingerprint density at radius 1 is 0.964 bits per heavy atom. The first-order chi connectivity index (χ1) is 13.3. The second kappa shape index (κ2) is 6.54. The van der Waals surface area contributed by atoms with Gasteiger partial charge in [-0.3, -0.25) is 4.90 Å². The minimum absolute atomic E-state index is 0.170. The summed E-state index contributed by atoms with van der Waals surface area (Å²) in [5.41, 5.74) is 11.9. The SMILES string of the molecule is NC1=NC2(CCCCC2)N(c2ccc(-n3cc(C(F)(F)F)cn3)cc2)C(N)=N1. The molecule has 7 nitrogen and oxygen atoms in total. The van der Waals surface area contributed by atoms with Gasteiger partial charge in [-0.1, -0.05) is 6.42 Å². The molecule has 2 aromatic rings. The van der Waals surface area contributed by atoms with Gasteiger partial charge in [0, 0.05) is 11.9 Å². The lowest BCUT2D eigenvalue weighted by Crippen LogP contribution is -2.58. The van der Waals surface area contributed by atoms with Crippen molar-refractivity contribution in [1.29, 1.82) is 0 Å². The van der Waals surface area contributed by atoms with Gasteiger partial charge in [0.1, 0.15) is 5.66 Å². The summed E-state index contributed by atoms with van der Waals surface area (Å²) in [6.07, 6.45) is 2.08. The monoisotopic (exact) mass is 391 g/mol. The van der Waals surface area contributed by atoms with E-state index >= 15 is 0 Å². The number of aliphatic imine (C=N–C) groups is 2. The number of hydrogen-bond donors (Lipinski definition) is 2. The van der Waals surface area contributed by atoms with Crippen LogP contribution in [0, 0.1) is 0 Å². The van der Waals surface area contributed by atoms with E-state index in [0.717, 1.165) is 50.2 Å². The normalized spacial score (nSPS) is 19.5. The summed E-state index contributed by atoms with van der Waals surface area (Å²) in [5, 5.41) is 3.80. The number of nitrogens with zero attached hydrogens (tertiary/aromatic N) is 5. The second-order valence-corrected chi connectivity index (χ2v) is 7.01. The molecule has 0 amide bonds. The lowest BCUT2D eigenvalue weighted by Gasteiger charge is -2.45. The van der Waals surface area contributed by atoms with Gasteiger partial charge >= 0.3 is 6.18 Å². The average molecular weight is 391 g/mol. The van der Waals surface area contributed by atoms with Gasteiger partial charge in [-0.05, 0) is 49.9 Å². The lowest BCUT2D eigenvalue weighted by molar-refractivity contribution is -0.137. The highest BCUT2D eigenvalue weighted by atomic mass is 19.4. The molecule has 4 N–H and O–H groups in total. The van der Waals surface area contributed by atoms with Crippen LogP contribution >= 0.6 is 0 Å². The van der Waals surface area contributed by atoms with Gasteiger partial charge in [0.05, 0.1) is 17.4 Å². The number of alkyl halides is 3. The van der Waals surface area contributed by atoms with Crippen molar-refractivity contribution >= 4 is 17.6 Å². The minimum atomic E-state index is -4.43. The molecule has 28 heavy (non-hydrogen) atoms. The molecule has 1 aliphatic carbocycles. The third-order valence-corrected chi connectivity index (χ3v) is 5.13. The summed E-state index contributed by atoms with van der Waals surface area (Å²) in [6, 6.07) is 6.93. The Kier molecular flexibility index (Phi) is 4.28. The molecule has 10 heteroatoms. The second-order valence-electron chi connectivity index (χ2n) is 7.01. The summed E-state index contributed by atoms with van der Waals surface area (Å²) in [5.74, 6) is 0.434. The molecule has 1 saturated carbocycles. The summed E-state index contributed by atoms with van der Waals surface area (Å²) in [7, 11) is 0. The van der Waals surface area contributed by atoms with Crippen LogP contribution in [0.1, 0.15) is 37.7 Å². The molecule has 1 aliphatic heterocycles. The van der Waals surface area contributed by atoms with E-state index in [4.69, 9.17) is 11.5 Å². The number of halogens is 3. The summed E-state index contributed by atoms with van der Waals surface area (Å²) in [4.78, 5) is 10.6. The standard InChI is InChI=1S/C18H20F3N7/c19-18(20,21)12-10-24-27(11-12)13-4-6-14(7-5-13)28-16(23)25-15(22)26-17(28)8-2-1-3-9-17/h4-7,10-11H,1-3,8-9H2,(H4,22,23,25,26). The van der Waals surface area contributed by atoms with E-state index in [-0.39, 0.29) is 11.9 Å². The van der Waals surface area contributed by atoms with E-state index in [1.165, 1.54) is 4.68 Å². The van der Waals surface area contributed by atoms with Crippen LogP contribution in [-0.2, 0) is 6.18 Å². The highest BCUT2D eigenvalue weighted by Crippen LogP contribution is 2.39. The van der Waals surface area contributed by atoms with Gasteiger partial charge in [0.15, 0.2) is 0 Å². The Morgan fingerprint density at radius 2 is 1.61 bits per heavy atom. The van der Waals surface area contributed by atoms with Crippen LogP contribution in [0.15, 0.2) is 46.6 Å². The van der Waals surface area contributed by atoms with Gasteiger partial charge in [0.2, 0.25) is 11.9 Å². The molecule has 0 unspecified atom stereocenters. The van der Waals surface area contributed by atoms with Gasteiger partial charge < -0.3 is 11.5 Å². The largest absolute Gasteiger partial charge is 0.419 e. The Hall–Kier alpha value is -3.04. The van der Waals surface area contributed by atoms with Crippen LogP contribution in [0.2, 0.25) is 0 Å². The maximum absolute atomic E-state index is 12.8. The van der Waals surface area contributed by atoms with Crippen molar-refractivity contribution in [1.82, 2.24) is 9.78 Å². The third kappa shape index (κ3) is 3.19. The summed E-state index contributed by atoms with van der Waals surface area (Å²) in [6.45, 7) is 0. The lowest BCUT2D eigenvalue weighted by atomic mass is 9.87. The van der Waals surface area contributed by atoms with Crippen LogP contribution in [0.25, 0.3) is 5.69 Å². The van der Waals surface area contributed by atoms with E-state index in [1.807, 2.05) is 4.90 Å². The van der Waals surface area contributed by atoms with E-state index in [0.29, 0.717) is 5.69 Å². The van der Waals surface area contributed by atoms with Crippen molar-refractivity contribution in [3.8, 4) is 5.69 Å². The van der Waals surface area contributed by atoms with Crippen LogP contribution in [0.4, 0.5) is 18.9 Å². The molecule has 0 saturated heterocycles. The zero-order chi connectivity index (χ0) is 19.9. The number of benzene rings is 1. The first-order valence-electron chi connectivity index (χ1n) is 9.01. The first-order valence-corrected chi connectivity index (χ1v) is 9.01. The highest BCUT2D eigenvalue weighted by molar-refractivity contribution is 6.05. The highest BCUT2D eigenvalue weighted by Gasteiger charge is 2.42. The maximum atomic E-state index is 12.8. The Balaban J connectivity index is 1.66. The number of rotatable bonds is 2. The van der Waals surface area contributed by atoms with Crippen molar-refractivity contribution in [2.45, 2.75) is 43.9 Å². The van der Waals surface area contributed by atoms with Crippen LogP contribution in [0.3, 0.4) is 0 Å². The molecule has 148 valence electrons. The van der Waals surface area contributed by atoms with Gasteiger partial charge in [-0.2, -0.15) is 23.3 Å². The van der Waals surface area contributed by atoms with Crippen molar-refractivity contribution in [2.24, 2.45) is 21.5 Å². The molecule has 0 atom stereocenters. The smallest absolute Gasteiger partial charge is 0.369 e. The topological polar surface area (TPSA) is 97.8 Å². The van der Waals surface area contributed by atoms with Crippen LogP contribution in [0.5, 0.6) is 0 Å². The summed E-state index contributed by atoms with van der Waals surface area (Å²) < 4.78 is 39.6. The van der Waals surface area contributed by atoms with Crippen molar-refractivity contribution in [3.05, 3.63) is 42.2 Å². The fourth-order valence-electron chi connectivity index (χ4n) is 3.86. The molecule has 1 spiro atoms. The summed E-state index contributed by atoms with van der Waals surface area (Å²) >= 11 is 0. The van der Waals surface area contributed by atoms with Crippen LogP contribution < -0.4 is 16.4 Å². The number of guanidine groups is 2. The predicted molar refractivity (Wildman–Crippen MR) is 100 cm³/mol. The molecular weight excluding hydrogens is 371 g/mol. The molecule has 2 aliphatic rings. The average Bonchev–Trinajstić information content (AvgIpc) is 3.13. The fraction of sp³-hybridized carbons (Fsp3) is 0.389. The molecular formula is C18H20F3N7. The minimum Gasteiger partial charge on any atom is -0.369 e. The van der Waals surface area contributed by atoms with Gasteiger partial charge in [-0.15, -0.1) is 0 Å². The number of hydrogen-bond acceptors (Lipinski definition) is 6. The van der Waals surface area contributed by atoms with E-state index < -0.39 is 17.4 Å². The molecule has 0 radical (unpaired) electrons. The number of nitrogens with two attached hydrogens (primary N) is 2. The first kappa shape index (κ1) is 18.3. The molecule has 4 rings (SSSR count). The van der Waals surface area contributed by atoms with E-state index in [2.05, 4.69) is 15.1 Å². The Labute approximate surface area is 159 Å². The maximum Gasteiger partial charge on any atom is 0.419 e. The van der Waals surface area contributed by atoms with Gasteiger partial charge in [0.25, 0.3) is 0 Å². The zero-order valence-electron chi connectivity index (χ0n) is 15.0. The quantitative estimate of drug-likeness (QED) is 0.822. The van der Waals surface area contributed by atoms with E-state index in [9.17, 15) is 13.2 Å². The third-order valence-electron chi connectivity index (χ3n) is 5.13. The van der Waals surface area contributed by atoms with E-state index in [1.54, 1.807) is 24.3 Å². The Bertz CT molecular complexity index is 921. The molecule has 1 aromatic heterocycles. The number of aromatic nitrogens is 2. The predicted octanol–water partition coefficient (Wildman–Crippen LogP) is 3.00. The fourth-order valence-corrected chi connectivity index (χ4v) is 3.86. The molecule has 0 bridgehead atoms. The molecule has 1 fully saturated rings. The molecule has 1 aromatic carbocycles. The van der Waals surface area contributed by atoms with Crippen LogP contribution in [-0.4, -0.2) is 27.4 Å². The van der Waals surface area contributed by atoms with Crippen molar-refractivity contribution in [2.75, 3.05) is 4.90 Å². The Morgan fingerprint density at radius 3 is 2.21 bits per heavy atom. The molecule has 2 heterocycles. The van der Waals surface area contributed by atoms with Crippen molar-refractivity contribution in [3.63, 3.8) is 0 Å². The zero-order valence-corrected chi connectivity index (χ0v) is 15.0. The number of anilines is 1. The van der Waals surface area contributed by atoms with Crippen molar-refractivity contribution < 1.29 is 13.2 Å².